The third-order valence-corrected chi connectivity index (χ3v) is 5.63. The van der Waals surface area contributed by atoms with E-state index in [4.69, 9.17) is 16.9 Å². The molecule has 11 heteroatoms. The van der Waals surface area contributed by atoms with Crippen LogP contribution in [0.4, 0.5) is 4.79 Å². The zero-order valence-electron chi connectivity index (χ0n) is 21.7. The number of esters is 1. The van der Waals surface area contributed by atoms with Gasteiger partial charge in [0.05, 0.1) is 13.5 Å². The normalized spacial score (nSPS) is 17.8. The van der Waals surface area contributed by atoms with Gasteiger partial charge >= 0.3 is 12.1 Å². The summed E-state index contributed by atoms with van der Waals surface area (Å²) in [6.45, 7) is 6.43. The number of rotatable bonds is 10. The number of methoxy groups -OCH3 is 1. The number of terminal acetylenes is 1. The number of carbonyl (C=O) groups excluding carboxylic acids is 5. The van der Waals surface area contributed by atoms with Gasteiger partial charge in [0.15, 0.2) is 0 Å². The fraction of sp³-hybridized carbons (Fsp3) is 0.500. The predicted molar refractivity (Wildman–Crippen MR) is 134 cm³/mol. The Balaban J connectivity index is 2.50. The molecule has 0 spiro atoms. The summed E-state index contributed by atoms with van der Waals surface area (Å²) in [6.07, 6.45) is 4.61. The minimum atomic E-state index is -1.39. The summed E-state index contributed by atoms with van der Waals surface area (Å²) in [4.78, 5) is 64.6. The highest BCUT2D eigenvalue weighted by molar-refractivity contribution is 5.95. The van der Waals surface area contributed by atoms with Crippen LogP contribution in [0.3, 0.4) is 0 Å². The Morgan fingerprint density at radius 3 is 2.24 bits per heavy atom. The number of hydrogen-bond donors (Lipinski definition) is 3. The molecule has 1 saturated carbocycles. The first kappa shape index (κ1) is 29.2. The number of alkyl carbamates (subject to hydrolysis) is 1. The van der Waals surface area contributed by atoms with Crippen LogP contribution in [-0.4, -0.2) is 66.0 Å². The number of nitrogens with one attached hydrogen (secondary N) is 2. The summed E-state index contributed by atoms with van der Waals surface area (Å²) in [5.74, 6) is -0.322. The summed E-state index contributed by atoms with van der Waals surface area (Å²) in [6, 6.07) is 3.49. The number of hydrogen-bond acceptors (Lipinski definition) is 7. The number of nitrogens with zero attached hydrogens (tertiary/aromatic N) is 1. The third kappa shape index (κ3) is 8.52. The number of ether oxygens (including phenoxy) is 2. The van der Waals surface area contributed by atoms with Crippen LogP contribution in [0.25, 0.3) is 0 Å². The van der Waals surface area contributed by atoms with Crippen molar-refractivity contribution >= 4 is 29.8 Å². The first-order valence-electron chi connectivity index (χ1n) is 11.8. The molecule has 1 aliphatic carbocycles. The Labute approximate surface area is 216 Å². The van der Waals surface area contributed by atoms with Crippen molar-refractivity contribution in [1.82, 2.24) is 15.5 Å². The molecule has 4 amide bonds. The second kappa shape index (κ2) is 12.3. The zero-order valence-corrected chi connectivity index (χ0v) is 21.7. The number of amides is 4. The van der Waals surface area contributed by atoms with Crippen LogP contribution in [0.2, 0.25) is 0 Å². The van der Waals surface area contributed by atoms with Gasteiger partial charge in [-0.05, 0) is 50.8 Å². The lowest BCUT2D eigenvalue weighted by Crippen LogP contribution is -2.55. The van der Waals surface area contributed by atoms with E-state index in [9.17, 15) is 24.0 Å². The monoisotopic (exact) mass is 514 g/mol. The Bertz CT molecular complexity index is 1070. The third-order valence-electron chi connectivity index (χ3n) is 5.63. The van der Waals surface area contributed by atoms with E-state index in [1.165, 1.54) is 12.0 Å². The van der Waals surface area contributed by atoms with Gasteiger partial charge in [-0.1, -0.05) is 25.0 Å². The zero-order chi connectivity index (χ0) is 27.9. The fourth-order valence-corrected chi connectivity index (χ4v) is 3.73. The highest BCUT2D eigenvalue weighted by Crippen LogP contribution is 2.40. The molecule has 1 aromatic rings. The van der Waals surface area contributed by atoms with E-state index < -0.39 is 60.4 Å². The van der Waals surface area contributed by atoms with Crippen molar-refractivity contribution in [3.05, 3.63) is 35.4 Å². The summed E-state index contributed by atoms with van der Waals surface area (Å²) < 4.78 is 9.85. The maximum absolute atomic E-state index is 13.9. The van der Waals surface area contributed by atoms with Crippen LogP contribution in [0.5, 0.6) is 0 Å². The Morgan fingerprint density at radius 1 is 1.19 bits per heavy atom. The van der Waals surface area contributed by atoms with E-state index >= 15 is 0 Å². The Kier molecular flexibility index (Phi) is 9.66. The highest BCUT2D eigenvalue weighted by atomic mass is 16.6. The van der Waals surface area contributed by atoms with Gasteiger partial charge in [0, 0.05) is 11.6 Å². The molecule has 2 rings (SSSR count). The molecule has 0 radical (unpaired) electrons. The average molecular weight is 515 g/mol. The molecule has 0 aliphatic heterocycles. The number of nitrogens with two attached hydrogens (primary N) is 1. The van der Waals surface area contributed by atoms with Crippen molar-refractivity contribution in [3.8, 4) is 12.3 Å². The molecule has 37 heavy (non-hydrogen) atoms. The van der Waals surface area contributed by atoms with Crippen molar-refractivity contribution in [2.24, 2.45) is 11.7 Å². The van der Waals surface area contributed by atoms with Crippen LogP contribution in [-0.2, 0) is 28.7 Å². The van der Waals surface area contributed by atoms with E-state index in [1.807, 2.05) is 6.92 Å². The first-order chi connectivity index (χ1) is 17.3. The summed E-state index contributed by atoms with van der Waals surface area (Å²) in [5.41, 5.74) is 5.50. The predicted octanol–water partition coefficient (Wildman–Crippen LogP) is 1.00. The molecule has 0 bridgehead atoms. The van der Waals surface area contributed by atoms with Gasteiger partial charge in [-0.3, -0.25) is 19.2 Å². The second-order valence-corrected chi connectivity index (χ2v) is 9.86. The average Bonchev–Trinajstić information content (AvgIpc) is 3.54. The van der Waals surface area contributed by atoms with E-state index in [1.54, 1.807) is 45.0 Å². The van der Waals surface area contributed by atoms with Crippen LogP contribution in [0.1, 0.15) is 57.7 Å². The van der Waals surface area contributed by atoms with Crippen molar-refractivity contribution in [2.45, 2.75) is 64.3 Å². The Morgan fingerprint density at radius 2 is 1.78 bits per heavy atom. The van der Waals surface area contributed by atoms with Gasteiger partial charge in [-0.2, -0.15) is 0 Å². The number of primary amides is 1. The van der Waals surface area contributed by atoms with Gasteiger partial charge in [0.1, 0.15) is 24.2 Å². The van der Waals surface area contributed by atoms with Gasteiger partial charge in [-0.25, -0.2) is 4.79 Å². The first-order valence-corrected chi connectivity index (χ1v) is 11.8. The van der Waals surface area contributed by atoms with Crippen LogP contribution < -0.4 is 16.4 Å². The molecular formula is C26H34N4O7. The lowest BCUT2D eigenvalue weighted by atomic mass is 10.00. The highest BCUT2D eigenvalue weighted by Gasteiger charge is 2.48. The molecule has 4 atom stereocenters. The fourth-order valence-electron chi connectivity index (χ4n) is 3.73. The molecule has 0 aromatic heterocycles. The quantitative estimate of drug-likeness (QED) is 0.310. The lowest BCUT2D eigenvalue weighted by molar-refractivity contribution is -0.146. The maximum Gasteiger partial charge on any atom is 0.408 e. The van der Waals surface area contributed by atoms with Crippen molar-refractivity contribution in [1.29, 1.82) is 0 Å². The van der Waals surface area contributed by atoms with E-state index in [0.717, 1.165) is 0 Å². The smallest absolute Gasteiger partial charge is 0.408 e. The minimum absolute atomic E-state index is 0.0422. The van der Waals surface area contributed by atoms with E-state index in [-0.39, 0.29) is 12.0 Å². The molecular weight excluding hydrogens is 480 g/mol. The summed E-state index contributed by atoms with van der Waals surface area (Å²) in [7, 11) is 1.18. The van der Waals surface area contributed by atoms with Crippen LogP contribution in [0, 0.1) is 18.3 Å². The molecule has 0 heterocycles. The molecule has 200 valence electrons. The molecule has 11 nitrogen and oxygen atoms in total. The molecule has 4 unspecified atom stereocenters. The van der Waals surface area contributed by atoms with Gasteiger partial charge in [-0.15, -0.1) is 6.42 Å². The Hall–Kier alpha value is -4.07. The SMILES string of the molecule is C#Cc1ccc(C(C(=O)NCC(=O)OC)N(C(=O)C(CC(N)=O)NC(=O)OC(C)(C)C)C2CC2C)cc1. The van der Waals surface area contributed by atoms with E-state index in [2.05, 4.69) is 21.3 Å². The molecule has 1 fully saturated rings. The topological polar surface area (TPSA) is 157 Å². The second-order valence-electron chi connectivity index (χ2n) is 9.86. The summed E-state index contributed by atoms with van der Waals surface area (Å²) >= 11 is 0. The lowest BCUT2D eigenvalue weighted by Gasteiger charge is -2.34. The molecule has 4 N–H and O–H groups in total. The maximum atomic E-state index is 13.9. The molecule has 1 aromatic carbocycles. The molecule has 0 saturated heterocycles. The van der Waals surface area contributed by atoms with E-state index in [0.29, 0.717) is 17.5 Å². The number of carbonyl (C=O) groups is 5. The van der Waals surface area contributed by atoms with Crippen LogP contribution >= 0.6 is 0 Å². The minimum Gasteiger partial charge on any atom is -0.468 e. The van der Waals surface area contributed by atoms with Crippen molar-refractivity contribution in [3.63, 3.8) is 0 Å². The van der Waals surface area contributed by atoms with Gasteiger partial charge in [0.25, 0.3) is 0 Å². The number of benzene rings is 1. The van der Waals surface area contributed by atoms with Crippen molar-refractivity contribution in [2.75, 3.05) is 13.7 Å². The van der Waals surface area contributed by atoms with Crippen LogP contribution in [0.15, 0.2) is 24.3 Å². The van der Waals surface area contributed by atoms with Crippen molar-refractivity contribution < 1.29 is 33.4 Å². The van der Waals surface area contributed by atoms with Gasteiger partial charge in [0.2, 0.25) is 17.7 Å². The largest absolute Gasteiger partial charge is 0.468 e. The summed E-state index contributed by atoms with van der Waals surface area (Å²) in [5, 5.41) is 4.91. The standard InChI is InChI=1S/C26H34N4O7/c1-7-16-8-10-17(11-9-16)22(23(33)28-14-21(32)36-6)30(19-12-15(19)2)24(34)18(13-20(27)31)29-25(35)37-26(3,4)5/h1,8-11,15,18-19,22H,12-14H2,2-6H3,(H2,27,31)(H,28,33)(H,29,35). The molecule has 1 aliphatic rings. The van der Waals surface area contributed by atoms with Gasteiger partial charge < -0.3 is 30.7 Å².